The Bertz CT molecular complexity index is 370. The molecule has 1 unspecified atom stereocenters. The molecule has 18 heavy (non-hydrogen) atoms. The summed E-state index contributed by atoms with van der Waals surface area (Å²) in [6, 6.07) is 0. The van der Waals surface area contributed by atoms with E-state index in [9.17, 15) is 15.3 Å². The van der Waals surface area contributed by atoms with Gasteiger partial charge in [0.15, 0.2) is 0 Å². The zero-order valence-electron chi connectivity index (χ0n) is 11.9. The molecule has 1 fully saturated rings. The molecule has 3 heteroatoms. The molecule has 0 heterocycles. The van der Waals surface area contributed by atoms with Crippen LogP contribution in [0.3, 0.4) is 0 Å². The van der Waals surface area contributed by atoms with Gasteiger partial charge in [0.1, 0.15) is 0 Å². The predicted octanol–water partition coefficient (Wildman–Crippen LogP) is 2.78. The number of hydrogen-bond acceptors (Lipinski definition) is 3. The summed E-state index contributed by atoms with van der Waals surface area (Å²) in [4.78, 5) is 0. The van der Waals surface area contributed by atoms with Crippen LogP contribution in [0.2, 0.25) is 0 Å². The highest BCUT2D eigenvalue weighted by Gasteiger charge is 2.56. The molecule has 104 valence electrons. The molecule has 0 bridgehead atoms. The van der Waals surface area contributed by atoms with E-state index in [0.29, 0.717) is 24.5 Å². The highest BCUT2D eigenvalue weighted by Crippen LogP contribution is 2.56. The Morgan fingerprint density at radius 3 is 2.39 bits per heavy atom. The van der Waals surface area contributed by atoms with E-state index in [4.69, 9.17) is 0 Å². The molecule has 0 aromatic rings. The molecule has 2 aliphatic carbocycles. The van der Waals surface area contributed by atoms with E-state index in [-0.39, 0.29) is 5.92 Å². The summed E-state index contributed by atoms with van der Waals surface area (Å²) in [5, 5.41) is 31.5. The summed E-state index contributed by atoms with van der Waals surface area (Å²) < 4.78 is 0. The maximum absolute atomic E-state index is 10.6. The third-order valence-corrected chi connectivity index (χ3v) is 5.20. The normalized spacial score (nSPS) is 45.3. The minimum Gasteiger partial charge on any atom is -0.512 e. The first-order valence-electron chi connectivity index (χ1n) is 7.02. The predicted molar refractivity (Wildman–Crippen MR) is 71.2 cm³/mol. The first kappa shape index (κ1) is 13.9. The van der Waals surface area contributed by atoms with Crippen LogP contribution in [-0.2, 0) is 0 Å². The van der Waals surface area contributed by atoms with Crippen LogP contribution in [0, 0.1) is 17.3 Å². The van der Waals surface area contributed by atoms with Gasteiger partial charge in [0, 0.05) is 5.41 Å². The van der Waals surface area contributed by atoms with Crippen molar-refractivity contribution in [3.05, 3.63) is 11.3 Å². The molecule has 3 nitrogen and oxygen atoms in total. The van der Waals surface area contributed by atoms with Crippen molar-refractivity contribution in [2.75, 3.05) is 0 Å². The minimum atomic E-state index is -0.918. The molecule has 0 aromatic carbocycles. The number of aliphatic hydroxyl groups excluding tert-OH is 2. The lowest BCUT2D eigenvalue weighted by Gasteiger charge is -2.54. The molecule has 0 saturated heterocycles. The van der Waals surface area contributed by atoms with Gasteiger partial charge >= 0.3 is 0 Å². The highest BCUT2D eigenvalue weighted by atomic mass is 16.3. The average molecular weight is 254 g/mol. The van der Waals surface area contributed by atoms with Gasteiger partial charge in [0.2, 0.25) is 0 Å². The summed E-state index contributed by atoms with van der Waals surface area (Å²) in [6.45, 7) is 7.94. The van der Waals surface area contributed by atoms with Crippen LogP contribution < -0.4 is 0 Å². The maximum Gasteiger partial charge on any atom is 0.0983 e. The number of hydrogen-bond donors (Lipinski definition) is 3. The van der Waals surface area contributed by atoms with Crippen LogP contribution in [0.5, 0.6) is 0 Å². The number of allylic oxidation sites excluding steroid dienone is 1. The molecule has 0 spiro atoms. The van der Waals surface area contributed by atoms with Crippen molar-refractivity contribution >= 4 is 0 Å². The van der Waals surface area contributed by atoms with Crippen molar-refractivity contribution in [1.29, 1.82) is 0 Å². The van der Waals surface area contributed by atoms with Crippen molar-refractivity contribution in [2.24, 2.45) is 17.3 Å². The van der Waals surface area contributed by atoms with E-state index in [1.165, 1.54) is 0 Å². The van der Waals surface area contributed by atoms with Gasteiger partial charge in [0.05, 0.1) is 23.4 Å². The first-order chi connectivity index (χ1) is 8.20. The van der Waals surface area contributed by atoms with Crippen LogP contribution >= 0.6 is 0 Å². The van der Waals surface area contributed by atoms with Crippen molar-refractivity contribution in [2.45, 2.75) is 65.1 Å². The Hall–Kier alpha value is -0.540. The largest absolute Gasteiger partial charge is 0.512 e. The van der Waals surface area contributed by atoms with E-state index < -0.39 is 17.1 Å². The van der Waals surface area contributed by atoms with Crippen LogP contribution in [-0.4, -0.2) is 27.0 Å². The molecular formula is C15H26O3. The van der Waals surface area contributed by atoms with Gasteiger partial charge in [-0.3, -0.25) is 0 Å². The quantitative estimate of drug-likeness (QED) is 0.674. The lowest BCUT2D eigenvalue weighted by atomic mass is 9.54. The Morgan fingerprint density at radius 2 is 1.83 bits per heavy atom. The molecule has 2 rings (SSSR count). The summed E-state index contributed by atoms with van der Waals surface area (Å²) in [7, 11) is 0. The van der Waals surface area contributed by atoms with Crippen LogP contribution in [0.15, 0.2) is 11.3 Å². The summed E-state index contributed by atoms with van der Waals surface area (Å²) in [5.74, 6) is 0.298. The second-order valence-corrected chi connectivity index (χ2v) is 6.92. The average Bonchev–Trinajstić information content (AvgIpc) is 2.23. The third-order valence-electron chi connectivity index (χ3n) is 5.20. The van der Waals surface area contributed by atoms with E-state index in [2.05, 4.69) is 13.8 Å². The highest BCUT2D eigenvalue weighted by molar-refractivity contribution is 5.25. The Morgan fingerprint density at radius 1 is 1.22 bits per heavy atom. The minimum absolute atomic E-state index is 0.296. The van der Waals surface area contributed by atoms with Gasteiger partial charge in [-0.2, -0.15) is 0 Å². The molecule has 1 saturated carbocycles. The summed E-state index contributed by atoms with van der Waals surface area (Å²) in [5.41, 5.74) is -0.269. The summed E-state index contributed by atoms with van der Waals surface area (Å²) in [6.07, 6.45) is 2.39. The molecule has 4 atom stereocenters. The van der Waals surface area contributed by atoms with Gasteiger partial charge in [-0.1, -0.05) is 20.8 Å². The van der Waals surface area contributed by atoms with Gasteiger partial charge in [-0.05, 0) is 44.1 Å². The van der Waals surface area contributed by atoms with Gasteiger partial charge in [0.25, 0.3) is 0 Å². The monoisotopic (exact) mass is 254 g/mol. The lowest BCUT2D eigenvalue weighted by Crippen LogP contribution is -2.57. The Kier molecular flexibility index (Phi) is 3.27. The smallest absolute Gasteiger partial charge is 0.0983 e. The Balaban J connectivity index is 2.49. The topological polar surface area (TPSA) is 60.7 Å². The summed E-state index contributed by atoms with van der Waals surface area (Å²) >= 11 is 0. The van der Waals surface area contributed by atoms with Crippen LogP contribution in [0.1, 0.15) is 53.4 Å². The molecular weight excluding hydrogens is 228 g/mol. The fourth-order valence-electron chi connectivity index (χ4n) is 4.03. The van der Waals surface area contributed by atoms with Crippen molar-refractivity contribution in [3.8, 4) is 0 Å². The molecule has 0 aromatic heterocycles. The van der Waals surface area contributed by atoms with Gasteiger partial charge in [-0.25, -0.2) is 0 Å². The Labute approximate surface area is 110 Å². The molecule has 3 N–H and O–H groups in total. The molecule has 0 radical (unpaired) electrons. The number of rotatable bonds is 1. The van der Waals surface area contributed by atoms with E-state index in [1.807, 2.05) is 6.92 Å². The zero-order chi connectivity index (χ0) is 13.7. The molecule has 0 aliphatic heterocycles. The van der Waals surface area contributed by atoms with E-state index >= 15 is 0 Å². The molecule has 2 aliphatic rings. The van der Waals surface area contributed by atoms with Crippen LogP contribution in [0.25, 0.3) is 0 Å². The standard InChI is InChI=1S/C15H26O3/c1-9(2)10-5-7-14(3)11(16)6-8-15(4,18)13(14)12(10)17/h9,11,13,16-18H,5-8H2,1-4H3/t11-,13?,14+,15+/m1/s1. The maximum atomic E-state index is 10.6. The van der Waals surface area contributed by atoms with Crippen molar-refractivity contribution in [3.63, 3.8) is 0 Å². The van der Waals surface area contributed by atoms with Crippen molar-refractivity contribution in [1.82, 2.24) is 0 Å². The van der Waals surface area contributed by atoms with Crippen LogP contribution in [0.4, 0.5) is 0 Å². The second-order valence-electron chi connectivity index (χ2n) is 6.92. The number of fused-ring (bicyclic) bond motifs is 1. The fraction of sp³-hybridized carbons (Fsp3) is 0.867. The third kappa shape index (κ3) is 1.88. The van der Waals surface area contributed by atoms with Crippen molar-refractivity contribution < 1.29 is 15.3 Å². The fourth-order valence-corrected chi connectivity index (χ4v) is 4.03. The van der Waals surface area contributed by atoms with Gasteiger partial charge in [-0.15, -0.1) is 0 Å². The first-order valence-corrected chi connectivity index (χ1v) is 7.02. The SMILES string of the molecule is CC(C)C1=C(O)C2[C@@](C)(O)CC[C@@H](O)[C@]2(C)CC1. The van der Waals surface area contributed by atoms with E-state index in [0.717, 1.165) is 18.4 Å². The number of aliphatic hydroxyl groups is 3. The second kappa shape index (κ2) is 4.24. The molecule has 0 amide bonds. The zero-order valence-corrected chi connectivity index (χ0v) is 11.9. The lowest BCUT2D eigenvalue weighted by molar-refractivity contribution is -0.154. The van der Waals surface area contributed by atoms with Gasteiger partial charge < -0.3 is 15.3 Å². The van der Waals surface area contributed by atoms with E-state index in [1.54, 1.807) is 6.92 Å².